The van der Waals surface area contributed by atoms with Crippen LogP contribution < -0.4 is 11.1 Å². The maximum atomic E-state index is 12.3. The molecular formula is C15H19N3O2S. The summed E-state index contributed by atoms with van der Waals surface area (Å²) in [6.07, 6.45) is 1.93. The number of aliphatic hydroxyl groups excluding tert-OH is 1. The summed E-state index contributed by atoms with van der Waals surface area (Å²) in [5.41, 5.74) is 8.50. The third-order valence-electron chi connectivity index (χ3n) is 4.15. The fourth-order valence-corrected chi connectivity index (χ4v) is 3.69. The van der Waals surface area contributed by atoms with E-state index in [-0.39, 0.29) is 17.9 Å². The third-order valence-corrected chi connectivity index (χ3v) is 5.25. The van der Waals surface area contributed by atoms with Crippen LogP contribution in [0.5, 0.6) is 0 Å². The van der Waals surface area contributed by atoms with Gasteiger partial charge in [-0.3, -0.25) is 4.79 Å². The van der Waals surface area contributed by atoms with Crippen LogP contribution in [-0.2, 0) is 0 Å². The third kappa shape index (κ3) is 2.49. The molecule has 0 atom stereocenters. The summed E-state index contributed by atoms with van der Waals surface area (Å²) in [6.45, 7) is 4.53. The van der Waals surface area contributed by atoms with E-state index in [1.54, 1.807) is 0 Å². The van der Waals surface area contributed by atoms with E-state index < -0.39 is 0 Å². The monoisotopic (exact) mass is 305 g/mol. The highest BCUT2D eigenvalue weighted by Crippen LogP contribution is 2.44. The highest BCUT2D eigenvalue weighted by molar-refractivity contribution is 7.21. The second kappa shape index (κ2) is 4.96. The first-order chi connectivity index (χ1) is 9.96. The lowest BCUT2D eigenvalue weighted by Crippen LogP contribution is -2.31. The van der Waals surface area contributed by atoms with E-state index in [0.29, 0.717) is 17.1 Å². The van der Waals surface area contributed by atoms with Gasteiger partial charge in [-0.25, -0.2) is 4.98 Å². The number of nitrogens with one attached hydrogen (secondary N) is 1. The van der Waals surface area contributed by atoms with Gasteiger partial charge in [-0.15, -0.1) is 11.3 Å². The van der Waals surface area contributed by atoms with Gasteiger partial charge < -0.3 is 16.2 Å². The molecule has 1 fully saturated rings. The van der Waals surface area contributed by atoms with Gasteiger partial charge in [0, 0.05) is 23.0 Å². The highest BCUT2D eigenvalue weighted by atomic mass is 32.1. The van der Waals surface area contributed by atoms with Gasteiger partial charge in [0.1, 0.15) is 9.71 Å². The average Bonchev–Trinajstić information content (AvgIpc) is 3.14. The standard InChI is InChI=1S/C15H19N3O2S/c1-8-5-9(2)18-14-10(8)11(16)12(21-14)13(20)17-6-15(7-19)3-4-15/h5,19H,3-4,6-7,16H2,1-2H3,(H,17,20). The molecule has 5 nitrogen and oxygen atoms in total. The molecule has 2 heterocycles. The van der Waals surface area contributed by atoms with Crippen molar-refractivity contribution < 1.29 is 9.90 Å². The van der Waals surface area contributed by atoms with Gasteiger partial charge >= 0.3 is 0 Å². The number of pyridine rings is 1. The first-order valence-electron chi connectivity index (χ1n) is 7.01. The Morgan fingerprint density at radius 1 is 1.52 bits per heavy atom. The van der Waals surface area contributed by atoms with Crippen molar-refractivity contribution in [3.8, 4) is 0 Å². The minimum absolute atomic E-state index is 0.105. The van der Waals surface area contributed by atoms with Gasteiger partial charge in [0.2, 0.25) is 0 Å². The largest absolute Gasteiger partial charge is 0.397 e. The molecule has 0 saturated heterocycles. The Hall–Kier alpha value is -1.66. The number of nitrogens with two attached hydrogens (primary N) is 1. The SMILES string of the molecule is Cc1cc(C)c2c(N)c(C(=O)NCC3(CO)CC3)sc2n1. The number of rotatable bonds is 4. The van der Waals surface area contributed by atoms with Crippen molar-refractivity contribution in [1.82, 2.24) is 10.3 Å². The molecule has 0 bridgehead atoms. The van der Waals surface area contributed by atoms with Crippen LogP contribution in [0.15, 0.2) is 6.07 Å². The van der Waals surface area contributed by atoms with E-state index in [4.69, 9.17) is 5.73 Å². The Morgan fingerprint density at radius 2 is 2.24 bits per heavy atom. The fourth-order valence-electron chi connectivity index (χ4n) is 2.55. The summed E-state index contributed by atoms with van der Waals surface area (Å²) in [6, 6.07) is 1.97. The Morgan fingerprint density at radius 3 is 2.86 bits per heavy atom. The van der Waals surface area contributed by atoms with E-state index in [0.717, 1.165) is 34.3 Å². The molecule has 4 N–H and O–H groups in total. The number of anilines is 1. The summed E-state index contributed by atoms with van der Waals surface area (Å²) in [4.78, 5) is 18.1. The molecule has 1 saturated carbocycles. The number of thiophene rings is 1. The number of carbonyl (C=O) groups excluding carboxylic acids is 1. The number of aliphatic hydroxyl groups is 1. The van der Waals surface area contributed by atoms with Crippen LogP contribution >= 0.6 is 11.3 Å². The summed E-state index contributed by atoms with van der Waals surface area (Å²) in [5, 5.41) is 13.1. The molecule has 21 heavy (non-hydrogen) atoms. The number of hydrogen-bond donors (Lipinski definition) is 3. The summed E-state index contributed by atoms with van der Waals surface area (Å²) >= 11 is 1.33. The predicted molar refractivity (Wildman–Crippen MR) is 84.6 cm³/mol. The van der Waals surface area contributed by atoms with Gasteiger partial charge in [0.15, 0.2) is 0 Å². The zero-order valence-corrected chi connectivity index (χ0v) is 13.0. The van der Waals surface area contributed by atoms with Crippen molar-refractivity contribution in [2.75, 3.05) is 18.9 Å². The van der Waals surface area contributed by atoms with Crippen LogP contribution in [0.25, 0.3) is 10.2 Å². The number of fused-ring (bicyclic) bond motifs is 1. The smallest absolute Gasteiger partial charge is 0.263 e. The lowest BCUT2D eigenvalue weighted by atomic mass is 10.1. The quantitative estimate of drug-likeness (QED) is 0.806. The number of hydrogen-bond acceptors (Lipinski definition) is 5. The van der Waals surface area contributed by atoms with E-state index in [1.165, 1.54) is 11.3 Å². The Kier molecular flexibility index (Phi) is 3.37. The summed E-state index contributed by atoms with van der Waals surface area (Å²) < 4.78 is 0. The molecule has 2 aromatic rings. The van der Waals surface area contributed by atoms with Gasteiger partial charge in [-0.1, -0.05) is 0 Å². The first-order valence-corrected chi connectivity index (χ1v) is 7.83. The van der Waals surface area contributed by atoms with E-state index in [2.05, 4.69) is 10.3 Å². The highest BCUT2D eigenvalue weighted by Gasteiger charge is 2.42. The van der Waals surface area contributed by atoms with Gasteiger partial charge in [-0.05, 0) is 38.3 Å². The molecule has 112 valence electrons. The molecule has 6 heteroatoms. The van der Waals surface area contributed by atoms with Crippen molar-refractivity contribution in [1.29, 1.82) is 0 Å². The molecule has 0 aromatic carbocycles. The molecule has 1 aliphatic rings. The minimum atomic E-state index is -0.174. The Balaban J connectivity index is 1.88. The second-order valence-corrected chi connectivity index (χ2v) is 6.95. The van der Waals surface area contributed by atoms with Gasteiger partial charge in [-0.2, -0.15) is 0 Å². The Bertz CT molecular complexity index is 719. The van der Waals surface area contributed by atoms with Crippen molar-refractivity contribution in [2.45, 2.75) is 26.7 Å². The van der Waals surface area contributed by atoms with Crippen molar-refractivity contribution in [3.63, 3.8) is 0 Å². The molecule has 0 unspecified atom stereocenters. The lowest BCUT2D eigenvalue weighted by molar-refractivity contribution is 0.0940. The van der Waals surface area contributed by atoms with E-state index >= 15 is 0 Å². The van der Waals surface area contributed by atoms with E-state index in [9.17, 15) is 9.90 Å². The van der Waals surface area contributed by atoms with Gasteiger partial charge in [0.25, 0.3) is 5.91 Å². The zero-order valence-electron chi connectivity index (χ0n) is 12.2. The number of aryl methyl sites for hydroxylation is 2. The maximum absolute atomic E-state index is 12.3. The van der Waals surface area contributed by atoms with Gasteiger partial charge in [0.05, 0.1) is 12.3 Å². The molecule has 0 radical (unpaired) electrons. The Labute approximate surface area is 127 Å². The van der Waals surface area contributed by atoms with Crippen molar-refractivity contribution >= 4 is 33.1 Å². The van der Waals surface area contributed by atoms with Crippen LogP contribution in [0.1, 0.15) is 33.8 Å². The zero-order chi connectivity index (χ0) is 15.2. The average molecular weight is 305 g/mol. The molecular weight excluding hydrogens is 286 g/mol. The topological polar surface area (TPSA) is 88.2 Å². The van der Waals surface area contributed by atoms with Crippen LogP contribution in [0.3, 0.4) is 0 Å². The number of nitrogens with zero attached hydrogens (tertiary/aromatic N) is 1. The normalized spacial score (nSPS) is 16.1. The predicted octanol–water partition coefficient (Wildman–Crippen LogP) is 2.00. The van der Waals surface area contributed by atoms with Crippen LogP contribution in [0.2, 0.25) is 0 Å². The summed E-state index contributed by atoms with van der Waals surface area (Å²) in [7, 11) is 0. The fraction of sp³-hybridized carbons (Fsp3) is 0.467. The number of nitrogen functional groups attached to an aromatic ring is 1. The first kappa shape index (κ1) is 14.3. The molecule has 0 spiro atoms. The van der Waals surface area contributed by atoms with Crippen molar-refractivity contribution in [3.05, 3.63) is 22.2 Å². The maximum Gasteiger partial charge on any atom is 0.263 e. The van der Waals surface area contributed by atoms with Crippen LogP contribution in [-0.4, -0.2) is 29.1 Å². The number of carbonyl (C=O) groups is 1. The summed E-state index contributed by atoms with van der Waals surface area (Å²) in [5.74, 6) is -0.174. The molecule has 2 aromatic heterocycles. The molecule has 3 rings (SSSR count). The molecule has 1 amide bonds. The number of amides is 1. The second-order valence-electron chi connectivity index (χ2n) is 5.95. The molecule has 1 aliphatic carbocycles. The van der Waals surface area contributed by atoms with Crippen LogP contribution in [0.4, 0.5) is 5.69 Å². The number of aromatic nitrogens is 1. The molecule has 0 aliphatic heterocycles. The van der Waals surface area contributed by atoms with E-state index in [1.807, 2.05) is 19.9 Å². The minimum Gasteiger partial charge on any atom is -0.397 e. The lowest BCUT2D eigenvalue weighted by Gasteiger charge is -2.12. The van der Waals surface area contributed by atoms with Crippen LogP contribution in [0, 0.1) is 19.3 Å². The van der Waals surface area contributed by atoms with Crippen molar-refractivity contribution in [2.24, 2.45) is 5.41 Å².